The molecule has 0 aliphatic carbocycles. The lowest BCUT2D eigenvalue weighted by Crippen LogP contribution is -2.10. The van der Waals surface area contributed by atoms with Crippen LogP contribution < -0.4 is 4.74 Å². The van der Waals surface area contributed by atoms with Crippen LogP contribution in [0, 0.1) is 0 Å². The van der Waals surface area contributed by atoms with Gasteiger partial charge in [0, 0.05) is 20.9 Å². The van der Waals surface area contributed by atoms with Gasteiger partial charge < -0.3 is 14.6 Å². The van der Waals surface area contributed by atoms with Gasteiger partial charge in [-0.2, -0.15) is 5.10 Å². The number of hydrogen-bond acceptors (Lipinski definition) is 5. The van der Waals surface area contributed by atoms with Gasteiger partial charge in [0.1, 0.15) is 17.2 Å². The topological polar surface area (TPSA) is 56.5 Å². The molecule has 0 saturated heterocycles. The highest BCUT2D eigenvalue weighted by Gasteiger charge is 2.17. The fourth-order valence-corrected chi connectivity index (χ4v) is 4.01. The van der Waals surface area contributed by atoms with Crippen molar-refractivity contribution in [1.82, 2.24) is 9.78 Å². The number of nitrogens with zero attached hydrogens (tertiary/aromatic N) is 2. The summed E-state index contributed by atoms with van der Waals surface area (Å²) in [6.45, 7) is 0. The quantitative estimate of drug-likeness (QED) is 0.534. The monoisotopic (exact) mass is 362 g/mol. The maximum atomic E-state index is 9.40. The Morgan fingerprint density at radius 3 is 2.77 bits per heavy atom. The Hall–Kier alpha value is -3.25. The smallest absolute Gasteiger partial charge is 0.210 e. The highest BCUT2D eigenvalue weighted by molar-refractivity contribution is 7.18. The first-order chi connectivity index (χ1) is 12.8. The Balaban J connectivity index is 1.56. The zero-order chi connectivity index (χ0) is 17.5. The molecule has 1 aliphatic rings. The van der Waals surface area contributed by atoms with Crippen molar-refractivity contribution in [3.05, 3.63) is 72.5 Å². The number of fused-ring (bicyclic) bond motifs is 3. The van der Waals surface area contributed by atoms with Crippen LogP contribution in [0.2, 0.25) is 0 Å². The van der Waals surface area contributed by atoms with E-state index >= 15 is 0 Å². The van der Waals surface area contributed by atoms with Crippen molar-refractivity contribution in [3.8, 4) is 17.2 Å². The minimum absolute atomic E-state index is 0.218. The average Bonchev–Trinajstić information content (AvgIpc) is 3.28. The number of rotatable bonds is 3. The number of phenols is 1. The summed E-state index contributed by atoms with van der Waals surface area (Å²) in [5.41, 5.74) is 1.01. The largest absolute Gasteiger partial charge is 0.508 e. The number of hydrogen-bond donors (Lipinski definition) is 1. The molecule has 4 aromatic rings. The molecule has 26 heavy (non-hydrogen) atoms. The number of phenolic OH excluding ortho intramolecular Hbond substituents is 1. The summed E-state index contributed by atoms with van der Waals surface area (Å²) in [6.07, 6.45) is 9.08. The molecule has 1 atom stereocenters. The summed E-state index contributed by atoms with van der Waals surface area (Å²) in [7, 11) is 0. The molecule has 128 valence electrons. The molecule has 1 N–H and O–H groups in total. The van der Waals surface area contributed by atoms with Crippen LogP contribution in [-0.2, 0) is 4.74 Å². The first-order valence-electron chi connectivity index (χ1n) is 8.13. The van der Waals surface area contributed by atoms with E-state index in [9.17, 15) is 5.11 Å². The average molecular weight is 362 g/mol. The number of ether oxygens (including phenoxy) is 2. The molecule has 0 radical (unpaired) electrons. The Kier molecular flexibility index (Phi) is 3.43. The van der Waals surface area contributed by atoms with E-state index in [1.54, 1.807) is 41.9 Å². The lowest BCUT2D eigenvalue weighted by Gasteiger charge is -2.16. The van der Waals surface area contributed by atoms with Gasteiger partial charge in [-0.05, 0) is 48.6 Å². The van der Waals surface area contributed by atoms with Crippen LogP contribution in [0.3, 0.4) is 0 Å². The summed E-state index contributed by atoms with van der Waals surface area (Å²) in [5, 5.41) is 18.0. The molecule has 0 amide bonds. The number of aromatic nitrogens is 2. The molecule has 0 fully saturated rings. The second-order valence-corrected chi connectivity index (χ2v) is 6.78. The first kappa shape index (κ1) is 15.0. The second-order valence-electron chi connectivity index (χ2n) is 5.90. The predicted molar refractivity (Wildman–Crippen MR) is 102 cm³/mol. The summed E-state index contributed by atoms with van der Waals surface area (Å²) in [4.78, 5) is 0. The summed E-state index contributed by atoms with van der Waals surface area (Å²) < 4.78 is 14.6. The van der Waals surface area contributed by atoms with Gasteiger partial charge in [-0.25, -0.2) is 4.68 Å². The third kappa shape index (κ3) is 2.43. The van der Waals surface area contributed by atoms with E-state index in [-0.39, 0.29) is 12.0 Å². The molecule has 0 spiro atoms. The van der Waals surface area contributed by atoms with Crippen molar-refractivity contribution in [2.45, 2.75) is 6.23 Å². The Morgan fingerprint density at radius 2 is 1.96 bits per heavy atom. The predicted octanol–water partition coefficient (Wildman–Crippen LogP) is 5.35. The van der Waals surface area contributed by atoms with E-state index in [1.807, 2.05) is 46.6 Å². The molecular formula is C20H14N2O3S. The second kappa shape index (κ2) is 5.93. The Bertz CT molecular complexity index is 1160. The van der Waals surface area contributed by atoms with Gasteiger partial charge in [-0.1, -0.05) is 6.08 Å². The molecule has 0 saturated carbocycles. The number of aromatic hydroxyl groups is 1. The van der Waals surface area contributed by atoms with Crippen LogP contribution in [0.5, 0.6) is 17.2 Å². The summed E-state index contributed by atoms with van der Waals surface area (Å²) >= 11 is 1.63. The normalized spacial score (nSPS) is 16.2. The van der Waals surface area contributed by atoms with Crippen molar-refractivity contribution < 1.29 is 14.6 Å². The van der Waals surface area contributed by atoms with Crippen molar-refractivity contribution >= 4 is 32.3 Å². The SMILES string of the molecule is Oc1ccc(Oc2csc3c2ccc2c3cnn2C2C=CC=CO2)cc1. The fraction of sp³-hybridized carbons (Fsp3) is 0.0500. The summed E-state index contributed by atoms with van der Waals surface area (Å²) in [6, 6.07) is 10.8. The van der Waals surface area contributed by atoms with E-state index in [2.05, 4.69) is 5.10 Å². The molecule has 5 rings (SSSR count). The zero-order valence-corrected chi connectivity index (χ0v) is 14.4. The molecular weight excluding hydrogens is 348 g/mol. The van der Waals surface area contributed by atoms with Gasteiger partial charge in [0.25, 0.3) is 0 Å². The number of allylic oxidation sites excluding steroid dienone is 2. The maximum absolute atomic E-state index is 9.40. The van der Waals surface area contributed by atoms with Gasteiger partial charge >= 0.3 is 0 Å². The number of thiophene rings is 1. The first-order valence-corrected chi connectivity index (χ1v) is 9.01. The van der Waals surface area contributed by atoms with E-state index in [1.165, 1.54) is 0 Å². The van der Waals surface area contributed by atoms with Crippen LogP contribution in [0.1, 0.15) is 6.23 Å². The zero-order valence-electron chi connectivity index (χ0n) is 13.6. The minimum atomic E-state index is -0.234. The van der Waals surface area contributed by atoms with Crippen molar-refractivity contribution in [3.63, 3.8) is 0 Å². The van der Waals surface area contributed by atoms with Crippen LogP contribution >= 0.6 is 11.3 Å². The van der Waals surface area contributed by atoms with E-state index < -0.39 is 0 Å². The van der Waals surface area contributed by atoms with Gasteiger partial charge in [0.2, 0.25) is 6.23 Å². The third-order valence-corrected chi connectivity index (χ3v) is 5.28. The van der Waals surface area contributed by atoms with Crippen LogP contribution in [-0.4, -0.2) is 14.9 Å². The molecule has 1 unspecified atom stereocenters. The van der Waals surface area contributed by atoms with E-state index in [0.717, 1.165) is 26.7 Å². The molecule has 2 aromatic heterocycles. The Labute approximate surface area is 153 Å². The fourth-order valence-electron chi connectivity index (χ4n) is 3.03. The number of benzene rings is 2. The van der Waals surface area contributed by atoms with Crippen molar-refractivity contribution in [2.24, 2.45) is 0 Å². The van der Waals surface area contributed by atoms with Crippen LogP contribution in [0.4, 0.5) is 0 Å². The minimum Gasteiger partial charge on any atom is -0.508 e. The lowest BCUT2D eigenvalue weighted by atomic mass is 10.2. The van der Waals surface area contributed by atoms with Gasteiger partial charge in [0.05, 0.1) is 18.0 Å². The molecule has 0 bridgehead atoms. The molecule has 5 nitrogen and oxygen atoms in total. The highest BCUT2D eigenvalue weighted by atomic mass is 32.1. The van der Waals surface area contributed by atoms with Crippen molar-refractivity contribution in [1.29, 1.82) is 0 Å². The third-order valence-electron chi connectivity index (χ3n) is 4.27. The van der Waals surface area contributed by atoms with Crippen LogP contribution in [0.15, 0.2) is 72.5 Å². The van der Waals surface area contributed by atoms with E-state index in [4.69, 9.17) is 9.47 Å². The standard InChI is InChI=1S/C20H14N2O3S/c23-13-4-6-14(7-5-13)25-18-12-26-20-15(18)8-9-17-16(20)11-21-22(17)19-3-1-2-10-24-19/h1-12,19,23H. The lowest BCUT2D eigenvalue weighted by molar-refractivity contribution is 0.114. The summed E-state index contributed by atoms with van der Waals surface area (Å²) in [5.74, 6) is 1.70. The maximum Gasteiger partial charge on any atom is 0.210 e. The van der Waals surface area contributed by atoms with Crippen LogP contribution in [0.25, 0.3) is 21.0 Å². The van der Waals surface area contributed by atoms with Crippen molar-refractivity contribution in [2.75, 3.05) is 0 Å². The molecule has 2 aromatic carbocycles. The molecule has 1 aliphatic heterocycles. The molecule has 6 heteroatoms. The Morgan fingerprint density at radius 1 is 1.08 bits per heavy atom. The molecule has 3 heterocycles. The van der Waals surface area contributed by atoms with Gasteiger partial charge in [-0.15, -0.1) is 11.3 Å². The van der Waals surface area contributed by atoms with E-state index in [0.29, 0.717) is 5.75 Å². The van der Waals surface area contributed by atoms with Gasteiger partial charge in [-0.3, -0.25) is 0 Å². The van der Waals surface area contributed by atoms with Gasteiger partial charge in [0.15, 0.2) is 0 Å². The highest BCUT2D eigenvalue weighted by Crippen LogP contribution is 2.40.